The van der Waals surface area contributed by atoms with E-state index in [0.717, 1.165) is 28.4 Å². The van der Waals surface area contributed by atoms with Gasteiger partial charge in [0.05, 0.1) is 21.3 Å². The van der Waals surface area contributed by atoms with E-state index < -0.39 is 6.04 Å². The summed E-state index contributed by atoms with van der Waals surface area (Å²) in [5.74, 6) is 0.753. The minimum Gasteiger partial charge on any atom is -0.325 e. The van der Waals surface area contributed by atoms with Gasteiger partial charge in [-0.05, 0) is 48.3 Å². The van der Waals surface area contributed by atoms with Gasteiger partial charge in [-0.3, -0.25) is 4.79 Å². The SMILES string of the molecule is CSCC[C@H](N)C(=O)Nc1ccc(Cc2nc3ccccc3s2)cc1.Cl. The molecular formula is C19H22ClN3OS2. The number of anilines is 1. The van der Waals surface area contributed by atoms with Crippen LogP contribution in [0.4, 0.5) is 5.69 Å². The smallest absolute Gasteiger partial charge is 0.241 e. The van der Waals surface area contributed by atoms with Gasteiger partial charge < -0.3 is 11.1 Å². The Kier molecular flexibility index (Phi) is 7.90. The van der Waals surface area contributed by atoms with Crippen LogP contribution in [-0.4, -0.2) is 28.9 Å². The van der Waals surface area contributed by atoms with Crippen LogP contribution in [0, 0.1) is 0 Å². The third-order valence-electron chi connectivity index (χ3n) is 3.88. The molecule has 0 fully saturated rings. The molecule has 0 radical (unpaired) electrons. The van der Waals surface area contributed by atoms with E-state index >= 15 is 0 Å². The minimum atomic E-state index is -0.463. The molecule has 1 amide bonds. The number of nitrogens with zero attached hydrogens (tertiary/aromatic N) is 1. The number of aromatic nitrogens is 1. The maximum Gasteiger partial charge on any atom is 0.241 e. The van der Waals surface area contributed by atoms with Gasteiger partial charge in [0.1, 0.15) is 0 Å². The predicted octanol–water partition coefficient (Wildman–Crippen LogP) is 4.33. The van der Waals surface area contributed by atoms with Gasteiger partial charge in [-0.2, -0.15) is 11.8 Å². The molecule has 26 heavy (non-hydrogen) atoms. The summed E-state index contributed by atoms with van der Waals surface area (Å²) in [7, 11) is 0. The highest BCUT2D eigenvalue weighted by Gasteiger charge is 2.13. The largest absolute Gasteiger partial charge is 0.325 e. The summed E-state index contributed by atoms with van der Waals surface area (Å²) in [4.78, 5) is 16.7. The van der Waals surface area contributed by atoms with E-state index in [2.05, 4.69) is 16.4 Å². The Hall–Kier alpha value is -1.60. The fourth-order valence-corrected chi connectivity index (χ4v) is 3.98. The van der Waals surface area contributed by atoms with Crippen molar-refractivity contribution in [1.29, 1.82) is 0 Å². The first-order valence-corrected chi connectivity index (χ1v) is 10.4. The van der Waals surface area contributed by atoms with Crippen LogP contribution in [-0.2, 0) is 11.2 Å². The summed E-state index contributed by atoms with van der Waals surface area (Å²) < 4.78 is 1.21. The molecule has 7 heteroatoms. The highest BCUT2D eigenvalue weighted by molar-refractivity contribution is 7.98. The fraction of sp³-hybridized carbons (Fsp3) is 0.263. The summed E-state index contributed by atoms with van der Waals surface area (Å²) in [6, 6.07) is 15.6. The Balaban J connectivity index is 0.00000243. The van der Waals surface area contributed by atoms with Crippen molar-refractivity contribution in [3.63, 3.8) is 0 Å². The molecule has 0 spiro atoms. The lowest BCUT2D eigenvalue weighted by Crippen LogP contribution is -2.36. The third-order valence-corrected chi connectivity index (χ3v) is 5.57. The van der Waals surface area contributed by atoms with Gasteiger partial charge in [-0.25, -0.2) is 4.98 Å². The number of para-hydroxylation sites is 1. The van der Waals surface area contributed by atoms with Crippen LogP contribution in [0.5, 0.6) is 0 Å². The molecule has 3 rings (SSSR count). The fourth-order valence-electron chi connectivity index (χ4n) is 2.49. The first-order chi connectivity index (χ1) is 12.2. The zero-order chi connectivity index (χ0) is 17.6. The van der Waals surface area contributed by atoms with Gasteiger partial charge in [0.25, 0.3) is 0 Å². The summed E-state index contributed by atoms with van der Waals surface area (Å²) in [6.45, 7) is 0. The molecule has 0 aliphatic carbocycles. The van der Waals surface area contributed by atoms with E-state index in [9.17, 15) is 4.79 Å². The van der Waals surface area contributed by atoms with Crippen molar-refractivity contribution in [3.05, 3.63) is 59.1 Å². The Morgan fingerprint density at radius 1 is 1.23 bits per heavy atom. The Morgan fingerprint density at radius 2 is 1.96 bits per heavy atom. The number of thiazole rings is 1. The monoisotopic (exact) mass is 407 g/mol. The molecule has 1 heterocycles. The molecule has 3 N–H and O–H groups in total. The third kappa shape index (κ3) is 5.45. The van der Waals surface area contributed by atoms with Crippen LogP contribution in [0.2, 0.25) is 0 Å². The van der Waals surface area contributed by atoms with Gasteiger partial charge in [-0.15, -0.1) is 23.7 Å². The number of carbonyl (C=O) groups excluding carboxylic acids is 1. The number of halogens is 1. The zero-order valence-electron chi connectivity index (χ0n) is 14.5. The number of nitrogens with two attached hydrogens (primary N) is 1. The normalized spacial score (nSPS) is 11.8. The first-order valence-electron chi connectivity index (χ1n) is 8.14. The summed E-state index contributed by atoms with van der Waals surface area (Å²) in [6.07, 6.45) is 3.48. The second-order valence-electron chi connectivity index (χ2n) is 5.83. The lowest BCUT2D eigenvalue weighted by molar-refractivity contribution is -0.117. The molecule has 2 aromatic carbocycles. The summed E-state index contributed by atoms with van der Waals surface area (Å²) >= 11 is 3.41. The number of hydrogen-bond acceptors (Lipinski definition) is 5. The maximum atomic E-state index is 12.0. The molecule has 4 nitrogen and oxygen atoms in total. The standard InChI is InChI=1S/C19H21N3OS2.ClH/c1-24-11-10-15(20)19(23)21-14-8-6-13(7-9-14)12-18-22-16-4-2-3-5-17(16)25-18;/h2-9,15H,10-12,20H2,1H3,(H,21,23);1H/t15-;/m0./s1. The van der Waals surface area contributed by atoms with Gasteiger partial charge in [-0.1, -0.05) is 24.3 Å². The van der Waals surface area contributed by atoms with Crippen molar-refractivity contribution in [2.75, 3.05) is 17.3 Å². The zero-order valence-corrected chi connectivity index (χ0v) is 16.9. The van der Waals surface area contributed by atoms with Crippen LogP contribution in [0.15, 0.2) is 48.5 Å². The Labute approximate surface area is 168 Å². The molecule has 0 unspecified atom stereocenters. The summed E-state index contributed by atoms with van der Waals surface area (Å²) in [5.41, 5.74) is 8.88. The molecule has 138 valence electrons. The van der Waals surface area contributed by atoms with Gasteiger partial charge in [0.2, 0.25) is 5.91 Å². The number of carbonyl (C=O) groups is 1. The number of nitrogens with one attached hydrogen (secondary N) is 1. The average Bonchev–Trinajstić information content (AvgIpc) is 3.03. The highest BCUT2D eigenvalue weighted by atomic mass is 35.5. The Morgan fingerprint density at radius 3 is 2.65 bits per heavy atom. The number of rotatable bonds is 7. The molecule has 3 aromatic rings. The lowest BCUT2D eigenvalue weighted by atomic mass is 10.1. The predicted molar refractivity (Wildman–Crippen MR) is 116 cm³/mol. The lowest BCUT2D eigenvalue weighted by Gasteiger charge is -2.11. The van der Waals surface area contributed by atoms with Crippen LogP contribution < -0.4 is 11.1 Å². The number of amides is 1. The number of fused-ring (bicyclic) bond motifs is 1. The summed E-state index contributed by atoms with van der Waals surface area (Å²) in [5, 5.41) is 3.97. The molecule has 0 bridgehead atoms. The highest BCUT2D eigenvalue weighted by Crippen LogP contribution is 2.24. The molecule has 0 saturated carbocycles. The topological polar surface area (TPSA) is 68.0 Å². The van der Waals surface area contributed by atoms with E-state index in [1.807, 2.05) is 48.7 Å². The number of hydrogen-bond donors (Lipinski definition) is 2. The van der Waals surface area contributed by atoms with Crippen molar-refractivity contribution in [2.24, 2.45) is 5.73 Å². The van der Waals surface area contributed by atoms with Gasteiger partial charge in [0, 0.05) is 12.1 Å². The van der Waals surface area contributed by atoms with Crippen molar-refractivity contribution in [3.8, 4) is 0 Å². The molecule has 0 aliphatic heterocycles. The van der Waals surface area contributed by atoms with Crippen LogP contribution in [0.25, 0.3) is 10.2 Å². The van der Waals surface area contributed by atoms with Crippen LogP contribution in [0.1, 0.15) is 17.0 Å². The van der Waals surface area contributed by atoms with Crippen molar-refractivity contribution in [2.45, 2.75) is 18.9 Å². The van der Waals surface area contributed by atoms with Gasteiger partial charge in [0.15, 0.2) is 0 Å². The molecule has 1 atom stereocenters. The van der Waals surface area contributed by atoms with Crippen LogP contribution in [0.3, 0.4) is 0 Å². The van der Waals surface area contributed by atoms with E-state index in [1.165, 1.54) is 10.3 Å². The molecule has 0 aliphatic rings. The Bertz CT molecular complexity index is 818. The first kappa shape index (κ1) is 20.7. The maximum absolute atomic E-state index is 12.0. The molecule has 0 saturated heterocycles. The van der Waals surface area contributed by atoms with E-state index in [-0.39, 0.29) is 18.3 Å². The van der Waals surface area contributed by atoms with Crippen molar-refractivity contribution < 1.29 is 4.79 Å². The van der Waals surface area contributed by atoms with E-state index in [1.54, 1.807) is 23.1 Å². The number of thioether (sulfide) groups is 1. The molecule has 1 aromatic heterocycles. The van der Waals surface area contributed by atoms with Crippen molar-refractivity contribution >= 4 is 57.3 Å². The molecular weight excluding hydrogens is 386 g/mol. The second kappa shape index (κ2) is 9.92. The van der Waals surface area contributed by atoms with Gasteiger partial charge >= 0.3 is 0 Å². The van der Waals surface area contributed by atoms with Crippen molar-refractivity contribution in [1.82, 2.24) is 4.98 Å². The van der Waals surface area contributed by atoms with Crippen LogP contribution >= 0.6 is 35.5 Å². The average molecular weight is 408 g/mol. The minimum absolute atomic E-state index is 0. The quantitative estimate of drug-likeness (QED) is 0.611. The van der Waals surface area contributed by atoms with E-state index in [4.69, 9.17) is 5.73 Å². The van der Waals surface area contributed by atoms with E-state index in [0.29, 0.717) is 6.42 Å². The second-order valence-corrected chi connectivity index (χ2v) is 7.93. The number of benzene rings is 2.